The fourth-order valence-corrected chi connectivity index (χ4v) is 2.69. The topological polar surface area (TPSA) is 29.1 Å². The second kappa shape index (κ2) is 6.14. The molecule has 0 unspecified atom stereocenters. The molecule has 0 bridgehead atoms. The average Bonchev–Trinajstić information content (AvgIpc) is 2.85. The van der Waals surface area contributed by atoms with Crippen LogP contribution in [0.2, 0.25) is 0 Å². The van der Waals surface area contributed by atoms with Gasteiger partial charge in [-0.1, -0.05) is 30.5 Å². The first-order chi connectivity index (χ1) is 8.66. The van der Waals surface area contributed by atoms with E-state index in [0.717, 1.165) is 23.2 Å². The van der Waals surface area contributed by atoms with Crippen molar-refractivity contribution in [2.24, 2.45) is 0 Å². The molecule has 1 N–H and O–H groups in total. The van der Waals surface area contributed by atoms with E-state index in [0.29, 0.717) is 12.5 Å². The van der Waals surface area contributed by atoms with E-state index in [-0.39, 0.29) is 5.78 Å². The Hall–Kier alpha value is -1.15. The number of hydrogen-bond donors (Lipinski definition) is 1. The van der Waals surface area contributed by atoms with Gasteiger partial charge in [-0.25, -0.2) is 0 Å². The predicted molar refractivity (Wildman–Crippen MR) is 75.1 cm³/mol. The molecule has 2 rings (SSSR count). The van der Waals surface area contributed by atoms with Crippen molar-refractivity contribution in [3.63, 3.8) is 0 Å². The second-order valence-corrected chi connectivity index (χ2v) is 5.43. The van der Waals surface area contributed by atoms with Gasteiger partial charge in [0.1, 0.15) is 0 Å². The second-order valence-electron chi connectivity index (χ2n) is 5.43. The number of nitrogens with one attached hydrogen (secondary N) is 1. The first-order valence-corrected chi connectivity index (χ1v) is 7.00. The number of carbonyl (C=O) groups excluding carboxylic acids is 1. The van der Waals surface area contributed by atoms with E-state index in [4.69, 9.17) is 0 Å². The minimum Gasteiger partial charge on any atom is -0.314 e. The van der Waals surface area contributed by atoms with Crippen molar-refractivity contribution in [1.82, 2.24) is 5.32 Å². The largest absolute Gasteiger partial charge is 0.314 e. The van der Waals surface area contributed by atoms with E-state index >= 15 is 0 Å². The van der Waals surface area contributed by atoms with Crippen LogP contribution in [0.15, 0.2) is 18.2 Å². The summed E-state index contributed by atoms with van der Waals surface area (Å²) >= 11 is 0. The van der Waals surface area contributed by atoms with E-state index in [2.05, 4.69) is 11.4 Å². The van der Waals surface area contributed by atoms with E-state index in [1.165, 1.54) is 25.7 Å². The highest BCUT2D eigenvalue weighted by molar-refractivity contribution is 5.97. The van der Waals surface area contributed by atoms with Gasteiger partial charge in [0.25, 0.3) is 0 Å². The van der Waals surface area contributed by atoms with E-state index in [1.54, 1.807) is 0 Å². The third kappa shape index (κ3) is 3.42. The van der Waals surface area contributed by atoms with Crippen LogP contribution >= 0.6 is 0 Å². The molecular weight excluding hydrogens is 222 g/mol. The highest BCUT2D eigenvalue weighted by Crippen LogP contribution is 2.18. The third-order valence-corrected chi connectivity index (χ3v) is 3.83. The number of carbonyl (C=O) groups is 1. The molecule has 1 aliphatic carbocycles. The minimum absolute atomic E-state index is 0.265. The maximum Gasteiger partial charge on any atom is 0.164 e. The molecule has 0 atom stereocenters. The van der Waals surface area contributed by atoms with Gasteiger partial charge in [-0.3, -0.25) is 4.79 Å². The molecule has 0 radical (unpaired) electrons. The first kappa shape index (κ1) is 13.3. The van der Waals surface area contributed by atoms with Gasteiger partial charge in [0.05, 0.1) is 0 Å². The van der Waals surface area contributed by atoms with Crippen molar-refractivity contribution in [3.05, 3.63) is 34.9 Å². The van der Waals surface area contributed by atoms with E-state index in [1.807, 2.05) is 26.0 Å². The van der Waals surface area contributed by atoms with Crippen LogP contribution in [-0.4, -0.2) is 18.4 Å². The summed E-state index contributed by atoms with van der Waals surface area (Å²) in [5.74, 6) is 0.265. The summed E-state index contributed by atoms with van der Waals surface area (Å²) < 4.78 is 0. The quantitative estimate of drug-likeness (QED) is 0.805. The molecule has 0 saturated heterocycles. The van der Waals surface area contributed by atoms with E-state index < -0.39 is 0 Å². The minimum atomic E-state index is 0.265. The molecular formula is C16H23NO. The Morgan fingerprint density at radius 3 is 2.72 bits per heavy atom. The fraction of sp³-hybridized carbons (Fsp3) is 0.562. The van der Waals surface area contributed by atoms with Crippen LogP contribution in [0.25, 0.3) is 0 Å². The normalized spacial score (nSPS) is 16.1. The average molecular weight is 245 g/mol. The predicted octanol–water partition coefficient (Wildman–Crippen LogP) is 3.41. The van der Waals surface area contributed by atoms with E-state index in [9.17, 15) is 4.79 Å². The summed E-state index contributed by atoms with van der Waals surface area (Å²) in [5, 5.41) is 3.50. The molecule has 0 aromatic heterocycles. The Bertz CT molecular complexity index is 419. The number of rotatable bonds is 5. The van der Waals surface area contributed by atoms with Crippen LogP contribution < -0.4 is 5.32 Å². The van der Waals surface area contributed by atoms with Gasteiger partial charge in [0.2, 0.25) is 0 Å². The molecule has 1 aromatic carbocycles. The van der Waals surface area contributed by atoms with Gasteiger partial charge in [-0.05, 0) is 38.3 Å². The standard InChI is InChI=1S/C16H23NO/c1-12-7-8-13(2)15(11-12)16(18)9-10-17-14-5-3-4-6-14/h7-8,11,14,17H,3-6,9-10H2,1-2H3. The highest BCUT2D eigenvalue weighted by atomic mass is 16.1. The molecule has 2 heteroatoms. The summed E-state index contributed by atoms with van der Waals surface area (Å²) in [7, 11) is 0. The van der Waals surface area contributed by atoms with Gasteiger partial charge in [0.15, 0.2) is 5.78 Å². The summed E-state index contributed by atoms with van der Waals surface area (Å²) in [6.45, 7) is 4.86. The van der Waals surface area contributed by atoms with Gasteiger partial charge in [0, 0.05) is 24.6 Å². The summed E-state index contributed by atoms with van der Waals surface area (Å²) in [5.41, 5.74) is 3.14. The Balaban J connectivity index is 1.85. The molecule has 0 heterocycles. The molecule has 1 aliphatic rings. The number of benzene rings is 1. The summed E-state index contributed by atoms with van der Waals surface area (Å²) in [6, 6.07) is 6.75. The highest BCUT2D eigenvalue weighted by Gasteiger charge is 2.15. The molecule has 2 nitrogen and oxygen atoms in total. The lowest BCUT2D eigenvalue weighted by molar-refractivity contribution is 0.0981. The van der Waals surface area contributed by atoms with Crippen molar-refractivity contribution in [3.8, 4) is 0 Å². The number of aryl methyl sites for hydroxylation is 2. The van der Waals surface area contributed by atoms with Crippen molar-refractivity contribution in [1.29, 1.82) is 0 Å². The maximum absolute atomic E-state index is 12.2. The van der Waals surface area contributed by atoms with Gasteiger partial charge >= 0.3 is 0 Å². The van der Waals surface area contributed by atoms with Crippen LogP contribution in [0.1, 0.15) is 53.6 Å². The van der Waals surface area contributed by atoms with Crippen molar-refractivity contribution in [2.45, 2.75) is 52.0 Å². The lowest BCUT2D eigenvalue weighted by Crippen LogP contribution is -2.28. The Morgan fingerprint density at radius 1 is 1.28 bits per heavy atom. The van der Waals surface area contributed by atoms with Crippen molar-refractivity contribution >= 4 is 5.78 Å². The molecule has 0 aliphatic heterocycles. The van der Waals surface area contributed by atoms with Crippen LogP contribution in [0.3, 0.4) is 0 Å². The summed E-state index contributed by atoms with van der Waals surface area (Å²) in [4.78, 5) is 12.2. The number of ketones is 1. The summed E-state index contributed by atoms with van der Waals surface area (Å²) in [6.07, 6.45) is 5.83. The molecule has 0 spiro atoms. The Kier molecular flexibility index (Phi) is 4.54. The SMILES string of the molecule is Cc1ccc(C)c(C(=O)CCNC2CCCC2)c1. The van der Waals surface area contributed by atoms with Crippen LogP contribution in [0, 0.1) is 13.8 Å². The van der Waals surface area contributed by atoms with Crippen molar-refractivity contribution in [2.75, 3.05) is 6.54 Å². The third-order valence-electron chi connectivity index (χ3n) is 3.83. The van der Waals surface area contributed by atoms with Gasteiger partial charge in [-0.15, -0.1) is 0 Å². The smallest absolute Gasteiger partial charge is 0.164 e. The first-order valence-electron chi connectivity index (χ1n) is 7.00. The maximum atomic E-state index is 12.2. The molecule has 1 aromatic rings. The fourth-order valence-electron chi connectivity index (χ4n) is 2.69. The van der Waals surface area contributed by atoms with Crippen LogP contribution in [0.5, 0.6) is 0 Å². The van der Waals surface area contributed by atoms with Gasteiger partial charge < -0.3 is 5.32 Å². The van der Waals surface area contributed by atoms with Crippen molar-refractivity contribution < 1.29 is 4.79 Å². The van der Waals surface area contributed by atoms with Crippen LogP contribution in [0.4, 0.5) is 0 Å². The molecule has 18 heavy (non-hydrogen) atoms. The lowest BCUT2D eigenvalue weighted by Gasteiger charge is -2.11. The monoisotopic (exact) mass is 245 g/mol. The molecule has 1 fully saturated rings. The Labute approximate surface area is 110 Å². The zero-order chi connectivity index (χ0) is 13.0. The lowest BCUT2D eigenvalue weighted by atomic mass is 10.0. The zero-order valence-corrected chi connectivity index (χ0v) is 11.5. The number of Topliss-reactive ketones (excluding diaryl/α,β-unsaturated/α-hetero) is 1. The molecule has 98 valence electrons. The van der Waals surface area contributed by atoms with Gasteiger partial charge in [-0.2, -0.15) is 0 Å². The molecule has 1 saturated carbocycles. The molecule has 0 amide bonds. The Morgan fingerprint density at radius 2 is 2.00 bits per heavy atom. The van der Waals surface area contributed by atoms with Crippen LogP contribution in [-0.2, 0) is 0 Å². The zero-order valence-electron chi connectivity index (χ0n) is 11.5. The number of hydrogen-bond acceptors (Lipinski definition) is 2.